The van der Waals surface area contributed by atoms with Gasteiger partial charge in [0.2, 0.25) is 23.6 Å². The standard InChI is InChI=1S/2C15H32N2O4S.2C14H23NO4.C9H18O3.C8H17O6P.C4H11O3P.3K.3Na/c2*1-6-15(2,3)14(18)16-10-9-12-17(4,5)11-7-8-13-22(19,20)21;2*1-5-14(3,4)13(19)15-8-6-7-11(16)9-10(2)12(17)18;1-5-9(2,3)8(10)12-7-6-11-4;1-4-8(2,3)7(9)13-5-6-14-15(10,11)12;1-3-4(2)8(5,6)7;;;;;;/h2*6-13H2,1-5H3,(H-,16,18,19,20,21);2*2,5-9H2,1,3-4H3,(H,15,19)(H,17,18);5-7H2,1-4H3;4-6H2,1-3H3,(H2,10,11,12);4H,3H2,1-2H3,(H2,5,6,7);;;;;;/q;;;;;;;6*+1/p-6. The number of nitrogens with one attached hydrogen (secondary N) is 4. The Labute approximate surface area is 933 Å². The maximum Gasteiger partial charge on any atom is 1.00 e. The number of hydrogen-bond donors (Lipinski definition) is 4. The van der Waals surface area contributed by atoms with Crippen LogP contribution in [0.2, 0.25) is 0 Å². The van der Waals surface area contributed by atoms with Gasteiger partial charge in [-0.05, 0) is 128 Å². The Morgan fingerprint density at radius 3 is 0.862 bits per heavy atom. The number of carbonyl (C=O) groups is 10. The number of unbranched alkanes of at least 4 members (excludes halogenated alkanes) is 2. The molecular weight excluding hydrogens is 1790 g/mol. The SMILES string of the molecule is C=C(CC(=O)CCCNC(=O)C(C)(C)CC)C(=O)[O-].C=C(CC(=O)CCCNC(=O)C(C)(C)CC)C(=O)[O-].CCC(C)(C)C(=O)NCCC[N+](C)(C)CCCCS(=O)(=O)[O-].CCC(C)(C)C(=O)NCCC[N+](C)(C)CCCCS(=O)(=O)[O-].CCC(C)(C)C(=O)OCCOC.CCC(C)(C)C(=O)OCCOP(=O)([O-])[O-].CCC(C)P(=O)([O-])[O-].[K+].[K+].[K+].[Na+].[Na+].[Na+]. The summed E-state index contributed by atoms with van der Waals surface area (Å²) in [7, 11) is -7.53. The van der Waals surface area contributed by atoms with E-state index in [9.17, 15) is 113 Å². The van der Waals surface area contributed by atoms with Crippen LogP contribution in [-0.2, 0) is 96.0 Å². The zero-order valence-corrected chi connectivity index (χ0v) is 100. The van der Waals surface area contributed by atoms with E-state index in [0.29, 0.717) is 90.8 Å². The molecule has 1 atom stereocenters. The number of carbonyl (C=O) groups excluding carboxylic acids is 10. The molecule has 0 aromatic rings. The Hall–Kier alpha value is 2.45. The molecule has 0 aromatic carbocycles. The van der Waals surface area contributed by atoms with Crippen molar-refractivity contribution in [2.24, 2.45) is 32.5 Å². The molecule has 692 valence electrons. The van der Waals surface area contributed by atoms with Gasteiger partial charge in [0.1, 0.15) is 24.8 Å². The molecule has 123 heavy (non-hydrogen) atoms. The van der Waals surface area contributed by atoms with Crippen LogP contribution >= 0.6 is 15.4 Å². The number of aliphatic carboxylic acids is 2. The van der Waals surface area contributed by atoms with E-state index in [4.69, 9.17) is 14.2 Å². The van der Waals surface area contributed by atoms with Crippen molar-refractivity contribution in [3.05, 3.63) is 24.3 Å². The molecule has 0 bridgehead atoms. The Morgan fingerprint density at radius 1 is 0.415 bits per heavy atom. The second-order valence-corrected chi connectivity index (χ2v) is 39.8. The maximum atomic E-state index is 11.9. The van der Waals surface area contributed by atoms with Gasteiger partial charge in [0.15, 0.2) is 0 Å². The third-order valence-corrected chi connectivity index (χ3v) is 23.1. The zero-order chi connectivity index (χ0) is 93.5. The van der Waals surface area contributed by atoms with E-state index in [1.54, 1.807) is 27.9 Å². The second kappa shape index (κ2) is 79.5. The molecule has 0 aromatic heterocycles. The first kappa shape index (κ1) is 154. The van der Waals surface area contributed by atoms with E-state index in [1.165, 1.54) is 6.92 Å². The minimum absolute atomic E-state index is 0. The number of phosphoric ester groups is 1. The molecule has 0 fully saturated rings. The van der Waals surface area contributed by atoms with Crippen molar-refractivity contribution in [1.82, 2.24) is 21.3 Å². The number of amides is 4. The van der Waals surface area contributed by atoms with E-state index >= 15 is 0 Å². The van der Waals surface area contributed by atoms with Crippen LogP contribution in [-0.4, -0.2) is 225 Å². The number of ether oxygens (including phenoxy) is 3. The molecule has 4 N–H and O–H groups in total. The smallest absolute Gasteiger partial charge is 0.811 e. The van der Waals surface area contributed by atoms with Gasteiger partial charge in [-0.15, -0.1) is 0 Å². The number of hydrogen-bond acceptors (Lipinski definition) is 28. The van der Waals surface area contributed by atoms with E-state index in [-0.39, 0.29) is 355 Å². The Bertz CT molecular complexity index is 3190. The molecule has 1 unspecified atom stereocenters. The van der Waals surface area contributed by atoms with E-state index in [0.717, 1.165) is 80.1 Å². The summed E-state index contributed by atoms with van der Waals surface area (Å²) in [5.41, 5.74) is -3.57. The summed E-state index contributed by atoms with van der Waals surface area (Å²) < 4.78 is 103. The fourth-order valence-electron chi connectivity index (χ4n) is 8.05. The monoisotopic (exact) mass is 1940 g/mol. The molecule has 0 saturated heterocycles. The van der Waals surface area contributed by atoms with Gasteiger partial charge in [-0.1, -0.05) is 132 Å². The third-order valence-electron chi connectivity index (χ3n) is 19.6. The van der Waals surface area contributed by atoms with Crippen LogP contribution < -0.4 is 294 Å². The fourth-order valence-corrected chi connectivity index (χ4v) is 9.92. The van der Waals surface area contributed by atoms with Crippen molar-refractivity contribution >= 4 is 94.7 Å². The number of phosphoric acid groups is 1. The van der Waals surface area contributed by atoms with Crippen LogP contribution in [0.25, 0.3) is 0 Å². The summed E-state index contributed by atoms with van der Waals surface area (Å²) >= 11 is 0. The molecule has 44 heteroatoms. The second-order valence-electron chi connectivity index (χ2n) is 33.6. The van der Waals surface area contributed by atoms with Crippen LogP contribution in [0.3, 0.4) is 0 Å². The molecule has 0 aliphatic heterocycles. The predicted octanol–water partition coefficient (Wildman–Crippen LogP) is -13.0. The van der Waals surface area contributed by atoms with Gasteiger partial charge in [-0.25, -0.2) is 16.8 Å². The van der Waals surface area contributed by atoms with Gasteiger partial charge in [0, 0.05) is 105 Å². The van der Waals surface area contributed by atoms with Crippen molar-refractivity contribution in [3.63, 3.8) is 0 Å². The largest absolute Gasteiger partial charge is 1.00 e. The summed E-state index contributed by atoms with van der Waals surface area (Å²) in [6, 6.07) is 0. The van der Waals surface area contributed by atoms with Gasteiger partial charge >= 0.3 is 255 Å². The molecule has 0 heterocycles. The number of quaternary nitrogens is 2. The Balaban J connectivity index is -0.000000105. The van der Waals surface area contributed by atoms with Crippen LogP contribution in [0, 0.1) is 32.5 Å². The third kappa shape index (κ3) is 93.3. The van der Waals surface area contributed by atoms with Crippen molar-refractivity contribution in [3.8, 4) is 0 Å². The first-order valence-corrected chi connectivity index (χ1v) is 46.1. The van der Waals surface area contributed by atoms with Gasteiger partial charge in [0.05, 0.1) is 118 Å². The number of esters is 2. The van der Waals surface area contributed by atoms with Crippen molar-refractivity contribution < 1.29 is 383 Å². The number of methoxy groups -OCH3 is 1. The fraction of sp³-hybridized carbons (Fsp3) is 0.823. The predicted molar refractivity (Wildman–Crippen MR) is 438 cm³/mol. The van der Waals surface area contributed by atoms with E-state index in [2.05, 4.69) is 67.1 Å². The molecule has 0 aliphatic rings. The van der Waals surface area contributed by atoms with Gasteiger partial charge < -0.3 is 107 Å². The molecular formula is C79H150K3N6Na3O28P2S2. The molecule has 0 saturated carbocycles. The van der Waals surface area contributed by atoms with Crippen LogP contribution in [0.1, 0.15) is 260 Å². The first-order valence-electron chi connectivity index (χ1n) is 39.9. The summed E-state index contributed by atoms with van der Waals surface area (Å²) in [5, 5.41) is 32.2. The van der Waals surface area contributed by atoms with Crippen molar-refractivity contribution in [2.75, 3.05) is 126 Å². The number of ketones is 2. The number of carboxylic acid groups (broad SMARTS) is 2. The van der Waals surface area contributed by atoms with Crippen LogP contribution in [0.4, 0.5) is 0 Å². The number of nitrogens with zero attached hydrogens (tertiary/aromatic N) is 2. The Kier molecular flexibility index (Phi) is 99.3. The average Bonchev–Trinajstić information content (AvgIpc) is 1.00. The van der Waals surface area contributed by atoms with Gasteiger partial charge in [-0.3, -0.25) is 38.4 Å². The summed E-state index contributed by atoms with van der Waals surface area (Å²) in [4.78, 5) is 154. The normalized spacial score (nSPS) is 11.8. The van der Waals surface area contributed by atoms with Crippen LogP contribution in [0.15, 0.2) is 24.3 Å². The van der Waals surface area contributed by atoms with Crippen molar-refractivity contribution in [2.45, 2.75) is 266 Å². The topological polar surface area (TPSA) is 543 Å². The Morgan fingerprint density at radius 2 is 0.659 bits per heavy atom. The molecule has 0 aliphatic carbocycles. The number of Topliss-reactive ketones (excluding diaryl/α,β-unsaturated/α-hetero) is 2. The van der Waals surface area contributed by atoms with E-state index < -0.39 is 82.1 Å². The molecule has 0 radical (unpaired) electrons. The summed E-state index contributed by atoms with van der Waals surface area (Å²) in [6.07, 6.45) is 9.92. The minimum atomic E-state index is -4.96. The molecule has 0 rings (SSSR count). The number of carboxylic acids is 2. The van der Waals surface area contributed by atoms with Gasteiger partial charge in [0.25, 0.3) is 0 Å². The maximum absolute atomic E-state index is 11.9. The van der Waals surface area contributed by atoms with E-state index in [1.807, 2.05) is 111 Å². The zero-order valence-electron chi connectivity index (χ0n) is 81.4. The molecule has 34 nitrogen and oxygen atoms in total. The molecule has 0 spiro atoms. The minimum Gasteiger partial charge on any atom is -0.811 e. The average molecular weight is 1940 g/mol. The first-order chi connectivity index (χ1) is 52.9. The van der Waals surface area contributed by atoms with Crippen LogP contribution in [0.5, 0.6) is 0 Å². The summed E-state index contributed by atoms with van der Waals surface area (Å²) in [6.45, 7) is 49.3. The molecule has 4 amide bonds. The van der Waals surface area contributed by atoms with Crippen molar-refractivity contribution in [1.29, 1.82) is 0 Å². The number of rotatable bonds is 53. The van der Waals surface area contributed by atoms with Gasteiger partial charge in [-0.2, -0.15) is 0 Å². The summed E-state index contributed by atoms with van der Waals surface area (Å²) in [5.74, 6) is -4.29. The quantitative estimate of drug-likeness (QED) is 0.00835.